The normalized spacial score (nSPS) is 22.1. The molecule has 4 rings (SSSR count). The van der Waals surface area contributed by atoms with Crippen LogP contribution in [0.1, 0.15) is 77.3 Å². The molecule has 3 aromatic carbocycles. The number of nitrogens with two attached hydrogens (primary N) is 5. The molecule has 29 heteroatoms. The Labute approximate surface area is 521 Å². The first-order valence-corrected chi connectivity index (χ1v) is 31.8. The van der Waals surface area contributed by atoms with Gasteiger partial charge in [-0.1, -0.05) is 120 Å². The largest absolute Gasteiger partial charge is 0.391 e. The van der Waals surface area contributed by atoms with Gasteiger partial charge >= 0.3 is 0 Å². The molecule has 484 valence electrons. The third-order valence-corrected chi connectivity index (χ3v) is 16.4. The van der Waals surface area contributed by atoms with E-state index in [1.807, 2.05) is 54.6 Å². The predicted molar refractivity (Wildman–Crippen MR) is 336 cm³/mol. The number of carbonyl (C=O) groups excluding carboxylic acids is 10. The highest BCUT2D eigenvalue weighted by Gasteiger charge is 2.37. The van der Waals surface area contributed by atoms with Crippen LogP contribution in [-0.4, -0.2) is 180 Å². The summed E-state index contributed by atoms with van der Waals surface area (Å²) in [7, 11) is 2.80. The Morgan fingerprint density at radius 1 is 0.557 bits per heavy atom. The van der Waals surface area contributed by atoms with Crippen LogP contribution in [0.5, 0.6) is 0 Å². The van der Waals surface area contributed by atoms with Gasteiger partial charge in [-0.25, -0.2) is 0 Å². The summed E-state index contributed by atoms with van der Waals surface area (Å²) in [5, 5.41) is 47.1. The second kappa shape index (κ2) is 38.2. The monoisotopic (exact) mass is 1260 g/mol. The first-order valence-electron chi connectivity index (χ1n) is 29.4. The average Bonchev–Trinajstić information content (AvgIpc) is 3.70. The molecule has 3 aromatic rings. The molecule has 0 radical (unpaired) electrons. The smallest absolute Gasteiger partial charge is 0.245 e. The fraction of sp³-hybridized carbons (Fsp3) is 0.525. The van der Waals surface area contributed by atoms with Crippen LogP contribution in [0.2, 0.25) is 0 Å². The zero-order valence-electron chi connectivity index (χ0n) is 50.2. The standard InChI is InChI=1S/C59H89N15O12S2/c1-33(2)29-46-56(83)68-41(19-24-60)51(78)67-44(22-27-63)55(82)74-48(34(3)75)58(85)65-28-23-45(54(81)66-42(20-25-61)53(80)72-47(57(84)71-46)30-36-11-7-5-8-12-36)69-52(79)43(21-26-62)70-59(86)49(35(4)76)73-50(77)40(64)32-88-87-31-37-15-17-39(18-16-37)38-13-9-6-10-14-38/h5-18,33-35,40-49,75-76H,19-32,60-64H2,1-4H3,(H,65,85)(H,66,81)(H,67,78)(H,68,83)(H,69,79)(H,70,86)(H,71,84)(H,72,80)(H,73,77)(H,74,82)/t34-,35-,40-,41+,42+,43+,44+,45+,46+,47-,48+,49+/m1/s1. The van der Waals surface area contributed by atoms with Crippen LogP contribution in [0.25, 0.3) is 11.1 Å². The van der Waals surface area contributed by atoms with E-state index in [-0.39, 0.29) is 76.4 Å². The lowest BCUT2D eigenvalue weighted by atomic mass is 10.00. The second-order valence-corrected chi connectivity index (χ2v) is 24.3. The zero-order chi connectivity index (χ0) is 64.9. The summed E-state index contributed by atoms with van der Waals surface area (Å²) >= 11 is 0. The molecule has 1 aliphatic rings. The van der Waals surface area contributed by atoms with E-state index >= 15 is 0 Å². The molecule has 0 bridgehead atoms. The first-order chi connectivity index (χ1) is 42.0. The van der Waals surface area contributed by atoms with Crippen LogP contribution >= 0.6 is 21.6 Å². The van der Waals surface area contributed by atoms with Crippen LogP contribution in [0.15, 0.2) is 84.9 Å². The minimum atomic E-state index is -1.68. The minimum Gasteiger partial charge on any atom is -0.391 e. The molecule has 0 unspecified atom stereocenters. The van der Waals surface area contributed by atoms with Crippen molar-refractivity contribution in [1.82, 2.24) is 53.2 Å². The number of aliphatic hydroxyl groups is 2. The zero-order valence-corrected chi connectivity index (χ0v) is 51.8. The number of carbonyl (C=O) groups is 10. The van der Waals surface area contributed by atoms with Crippen molar-refractivity contribution in [1.29, 1.82) is 0 Å². The summed E-state index contributed by atoms with van der Waals surface area (Å²) in [6.45, 7) is 4.94. The van der Waals surface area contributed by atoms with Gasteiger partial charge in [0.25, 0.3) is 0 Å². The van der Waals surface area contributed by atoms with Crippen molar-refractivity contribution in [2.75, 3.05) is 38.5 Å². The molecule has 1 fully saturated rings. The summed E-state index contributed by atoms with van der Waals surface area (Å²) in [6.07, 6.45) is -4.34. The number of hydrogen-bond donors (Lipinski definition) is 17. The third-order valence-electron chi connectivity index (χ3n) is 14.1. The summed E-state index contributed by atoms with van der Waals surface area (Å²) in [6, 6.07) is 12.0. The number of benzene rings is 3. The van der Waals surface area contributed by atoms with E-state index in [9.17, 15) is 58.2 Å². The van der Waals surface area contributed by atoms with Gasteiger partial charge in [-0.2, -0.15) is 0 Å². The quantitative estimate of drug-likeness (QED) is 0.0279. The van der Waals surface area contributed by atoms with Gasteiger partial charge < -0.3 is 92.0 Å². The molecular weight excluding hydrogens is 1170 g/mol. The Morgan fingerprint density at radius 2 is 1.06 bits per heavy atom. The van der Waals surface area contributed by atoms with E-state index in [2.05, 4.69) is 53.2 Å². The van der Waals surface area contributed by atoms with Crippen molar-refractivity contribution in [3.8, 4) is 11.1 Å². The molecule has 12 atom stereocenters. The van der Waals surface area contributed by atoms with Gasteiger partial charge in [-0.15, -0.1) is 0 Å². The fourth-order valence-electron chi connectivity index (χ4n) is 9.17. The molecule has 1 heterocycles. The maximum Gasteiger partial charge on any atom is 0.245 e. The van der Waals surface area contributed by atoms with Gasteiger partial charge in [0.15, 0.2) is 0 Å². The van der Waals surface area contributed by atoms with Gasteiger partial charge in [-0.3, -0.25) is 47.9 Å². The third kappa shape index (κ3) is 24.4. The Bertz CT molecular complexity index is 2750. The number of nitrogens with one attached hydrogen (secondary N) is 10. The van der Waals surface area contributed by atoms with Gasteiger partial charge in [0.2, 0.25) is 59.1 Å². The molecular formula is C59H89N15O12S2. The Morgan fingerprint density at radius 3 is 1.59 bits per heavy atom. The number of hydrogen-bond acceptors (Lipinski definition) is 19. The number of amides is 10. The summed E-state index contributed by atoms with van der Waals surface area (Å²) < 4.78 is 0. The molecule has 88 heavy (non-hydrogen) atoms. The first kappa shape index (κ1) is 73.3. The predicted octanol–water partition coefficient (Wildman–Crippen LogP) is -3.11. The lowest BCUT2D eigenvalue weighted by Gasteiger charge is -2.28. The van der Waals surface area contributed by atoms with E-state index in [1.54, 1.807) is 44.2 Å². The van der Waals surface area contributed by atoms with Crippen molar-refractivity contribution in [3.05, 3.63) is 96.1 Å². The van der Waals surface area contributed by atoms with Gasteiger partial charge in [0.1, 0.15) is 54.4 Å². The Balaban J connectivity index is 1.62. The van der Waals surface area contributed by atoms with Gasteiger partial charge in [0, 0.05) is 24.5 Å². The fourth-order valence-corrected chi connectivity index (χ4v) is 11.4. The summed E-state index contributed by atoms with van der Waals surface area (Å²) in [5.41, 5.74) is 33.6. The van der Waals surface area contributed by atoms with E-state index in [0.717, 1.165) is 16.7 Å². The summed E-state index contributed by atoms with van der Waals surface area (Å²) in [5.74, 6) is -8.58. The highest BCUT2D eigenvalue weighted by Crippen LogP contribution is 2.28. The van der Waals surface area contributed by atoms with Crippen molar-refractivity contribution in [2.45, 2.75) is 151 Å². The second-order valence-electron chi connectivity index (χ2n) is 21.8. The van der Waals surface area contributed by atoms with Crippen LogP contribution in [-0.2, 0) is 60.1 Å². The molecule has 0 spiro atoms. The Hall–Kier alpha value is -7.22. The van der Waals surface area contributed by atoms with Gasteiger partial charge in [-0.05, 0) is 107 Å². The molecule has 0 aromatic heterocycles. The highest BCUT2D eigenvalue weighted by molar-refractivity contribution is 8.76. The van der Waals surface area contributed by atoms with Crippen molar-refractivity contribution >= 4 is 80.7 Å². The van der Waals surface area contributed by atoms with Crippen molar-refractivity contribution in [3.63, 3.8) is 0 Å². The van der Waals surface area contributed by atoms with Crippen molar-refractivity contribution in [2.24, 2.45) is 34.6 Å². The van der Waals surface area contributed by atoms with Crippen LogP contribution in [0, 0.1) is 5.92 Å². The lowest BCUT2D eigenvalue weighted by Crippen LogP contribution is -2.62. The lowest BCUT2D eigenvalue weighted by molar-refractivity contribution is -0.136. The van der Waals surface area contributed by atoms with Gasteiger partial charge in [0.05, 0.1) is 18.2 Å². The maximum absolute atomic E-state index is 14.5. The molecule has 1 aliphatic heterocycles. The van der Waals surface area contributed by atoms with E-state index in [0.29, 0.717) is 11.3 Å². The molecule has 22 N–H and O–H groups in total. The SMILES string of the molecule is CC(C)C[C@@H]1NC(=O)[C@@H](Cc2ccccc2)NC(=O)[C@H](CCN)NC(=O)[C@@H](NC(=O)[C@H](CCN)NC(=O)[C@@H](NC(=O)[C@H](N)CSSCc2ccc(-c3ccccc3)cc2)[C@@H](C)O)CCNC(=O)[C@H]([C@@H](C)O)NC(=O)[C@H](CCN)NC(=O)[C@H](CCN)NC1=O. The van der Waals surface area contributed by atoms with Crippen molar-refractivity contribution < 1.29 is 58.2 Å². The average molecular weight is 1260 g/mol. The number of aliphatic hydroxyl groups excluding tert-OH is 2. The highest BCUT2D eigenvalue weighted by atomic mass is 33.1. The van der Waals surface area contributed by atoms with Crippen LogP contribution in [0.4, 0.5) is 0 Å². The van der Waals surface area contributed by atoms with E-state index in [1.165, 1.54) is 35.4 Å². The molecule has 27 nitrogen and oxygen atoms in total. The maximum atomic E-state index is 14.5. The van der Waals surface area contributed by atoms with Crippen LogP contribution in [0.3, 0.4) is 0 Å². The molecule has 10 amide bonds. The molecule has 1 saturated heterocycles. The topological polar surface area (TPSA) is 462 Å². The van der Waals surface area contributed by atoms with E-state index < -0.39 is 145 Å². The molecule has 0 aliphatic carbocycles. The summed E-state index contributed by atoms with van der Waals surface area (Å²) in [4.78, 5) is 141. The number of rotatable bonds is 26. The van der Waals surface area contributed by atoms with E-state index in [4.69, 9.17) is 28.7 Å². The molecule has 0 saturated carbocycles. The minimum absolute atomic E-state index is 0.0508. The Kier molecular flexibility index (Phi) is 31.8. The van der Waals surface area contributed by atoms with Crippen LogP contribution < -0.4 is 81.8 Å².